The Hall–Kier alpha value is -0.380. The van der Waals surface area contributed by atoms with Crippen LogP contribution in [-0.2, 0) is 6.54 Å². The molecule has 16 heavy (non-hydrogen) atoms. The van der Waals surface area contributed by atoms with Gasteiger partial charge in [-0.05, 0) is 42.2 Å². The van der Waals surface area contributed by atoms with Gasteiger partial charge in [-0.1, -0.05) is 13.8 Å². The Morgan fingerprint density at radius 1 is 1.44 bits per heavy atom. The van der Waals surface area contributed by atoms with Crippen molar-refractivity contribution < 1.29 is 5.11 Å². The highest BCUT2D eigenvalue weighted by Crippen LogP contribution is 2.21. The van der Waals surface area contributed by atoms with Crippen LogP contribution in [0.3, 0.4) is 0 Å². The molecule has 0 spiro atoms. The average Bonchev–Trinajstić information content (AvgIpc) is 2.62. The third-order valence-corrected chi connectivity index (χ3v) is 3.89. The molecular formula is C13H23NOS. The quantitative estimate of drug-likeness (QED) is 0.769. The Balaban J connectivity index is 2.27. The standard InChI is InChI=1S/C13H23NOS/c1-11-5-8-16-12(11)9-14-10-13(2,3)6-4-7-15/h5,8,14-15H,4,6-7,9-10H2,1-3H3. The fraction of sp³-hybridized carbons (Fsp3) is 0.692. The Kier molecular flexibility index (Phi) is 5.46. The first kappa shape index (κ1) is 13.7. The maximum Gasteiger partial charge on any atom is 0.0431 e. The number of thiophene rings is 1. The Labute approximate surface area is 103 Å². The number of aliphatic hydroxyl groups is 1. The van der Waals surface area contributed by atoms with Crippen molar-refractivity contribution in [2.45, 2.75) is 40.2 Å². The Bertz CT molecular complexity index is 307. The summed E-state index contributed by atoms with van der Waals surface area (Å²) in [7, 11) is 0. The molecule has 92 valence electrons. The summed E-state index contributed by atoms with van der Waals surface area (Å²) in [6.07, 6.45) is 1.96. The monoisotopic (exact) mass is 241 g/mol. The fourth-order valence-corrected chi connectivity index (χ4v) is 2.62. The van der Waals surface area contributed by atoms with Gasteiger partial charge in [0, 0.05) is 24.6 Å². The van der Waals surface area contributed by atoms with Crippen molar-refractivity contribution in [2.24, 2.45) is 5.41 Å². The molecule has 0 aliphatic heterocycles. The predicted molar refractivity (Wildman–Crippen MR) is 70.9 cm³/mol. The number of nitrogens with one attached hydrogen (secondary N) is 1. The number of aryl methyl sites for hydroxylation is 1. The van der Waals surface area contributed by atoms with Crippen molar-refractivity contribution in [1.29, 1.82) is 0 Å². The number of hydrogen-bond acceptors (Lipinski definition) is 3. The Morgan fingerprint density at radius 3 is 2.75 bits per heavy atom. The van der Waals surface area contributed by atoms with Crippen LogP contribution >= 0.6 is 11.3 Å². The molecule has 0 bridgehead atoms. The average molecular weight is 241 g/mol. The molecule has 3 heteroatoms. The van der Waals surface area contributed by atoms with E-state index < -0.39 is 0 Å². The molecule has 2 N–H and O–H groups in total. The van der Waals surface area contributed by atoms with E-state index in [1.165, 1.54) is 10.4 Å². The van der Waals surface area contributed by atoms with Crippen LogP contribution in [0.5, 0.6) is 0 Å². The summed E-state index contributed by atoms with van der Waals surface area (Å²) in [6.45, 7) is 8.92. The first-order valence-corrected chi connectivity index (χ1v) is 6.78. The predicted octanol–water partition coefficient (Wildman–Crippen LogP) is 2.94. The van der Waals surface area contributed by atoms with E-state index >= 15 is 0 Å². The van der Waals surface area contributed by atoms with Gasteiger partial charge in [-0.2, -0.15) is 0 Å². The van der Waals surface area contributed by atoms with Gasteiger partial charge in [-0.15, -0.1) is 11.3 Å². The SMILES string of the molecule is Cc1ccsc1CNCC(C)(C)CCCO. The second-order valence-corrected chi connectivity index (χ2v) is 6.12. The minimum absolute atomic E-state index is 0.272. The van der Waals surface area contributed by atoms with Crippen molar-refractivity contribution in [3.63, 3.8) is 0 Å². The number of aliphatic hydroxyl groups excluding tert-OH is 1. The van der Waals surface area contributed by atoms with Crippen LogP contribution in [0, 0.1) is 12.3 Å². The minimum Gasteiger partial charge on any atom is -0.396 e. The highest BCUT2D eigenvalue weighted by molar-refractivity contribution is 7.10. The van der Waals surface area contributed by atoms with Crippen LogP contribution in [0.25, 0.3) is 0 Å². The zero-order valence-corrected chi connectivity index (χ0v) is 11.4. The van der Waals surface area contributed by atoms with Gasteiger partial charge in [0.05, 0.1) is 0 Å². The number of hydrogen-bond donors (Lipinski definition) is 2. The highest BCUT2D eigenvalue weighted by atomic mass is 32.1. The van der Waals surface area contributed by atoms with E-state index in [-0.39, 0.29) is 5.41 Å². The molecule has 1 rings (SSSR count). The van der Waals surface area contributed by atoms with E-state index in [1.807, 2.05) is 11.3 Å². The van der Waals surface area contributed by atoms with Crippen molar-refractivity contribution in [1.82, 2.24) is 5.32 Å². The van der Waals surface area contributed by atoms with Crippen LogP contribution in [0.1, 0.15) is 37.1 Å². The minimum atomic E-state index is 0.272. The van der Waals surface area contributed by atoms with E-state index in [2.05, 4.69) is 37.5 Å². The molecule has 0 fully saturated rings. The van der Waals surface area contributed by atoms with Gasteiger partial charge >= 0.3 is 0 Å². The smallest absolute Gasteiger partial charge is 0.0431 e. The van der Waals surface area contributed by atoms with E-state index in [1.54, 1.807) is 0 Å². The molecule has 0 amide bonds. The summed E-state index contributed by atoms with van der Waals surface area (Å²) < 4.78 is 0. The van der Waals surface area contributed by atoms with Crippen LogP contribution in [-0.4, -0.2) is 18.3 Å². The lowest BCUT2D eigenvalue weighted by Gasteiger charge is -2.24. The van der Waals surface area contributed by atoms with E-state index in [9.17, 15) is 0 Å². The molecule has 0 radical (unpaired) electrons. The second-order valence-electron chi connectivity index (χ2n) is 5.12. The van der Waals surface area contributed by atoms with Gasteiger partial charge in [0.25, 0.3) is 0 Å². The molecule has 0 unspecified atom stereocenters. The molecule has 0 saturated carbocycles. The number of rotatable bonds is 7. The summed E-state index contributed by atoms with van der Waals surface area (Å²) in [4.78, 5) is 1.43. The molecule has 2 nitrogen and oxygen atoms in total. The maximum absolute atomic E-state index is 8.82. The maximum atomic E-state index is 8.82. The topological polar surface area (TPSA) is 32.3 Å². The summed E-state index contributed by atoms with van der Waals surface area (Å²) in [5, 5.41) is 14.5. The molecule has 0 aromatic carbocycles. The molecule has 0 aliphatic carbocycles. The highest BCUT2D eigenvalue weighted by Gasteiger charge is 2.16. The van der Waals surface area contributed by atoms with Gasteiger partial charge in [-0.25, -0.2) is 0 Å². The van der Waals surface area contributed by atoms with Crippen LogP contribution in [0.2, 0.25) is 0 Å². The molecule has 0 aliphatic rings. The largest absolute Gasteiger partial charge is 0.396 e. The van der Waals surface area contributed by atoms with Gasteiger partial charge in [0.2, 0.25) is 0 Å². The van der Waals surface area contributed by atoms with Crippen molar-refractivity contribution >= 4 is 11.3 Å². The van der Waals surface area contributed by atoms with Crippen molar-refractivity contribution in [2.75, 3.05) is 13.2 Å². The van der Waals surface area contributed by atoms with Crippen LogP contribution < -0.4 is 5.32 Å². The molecule has 0 saturated heterocycles. The third-order valence-electron chi connectivity index (χ3n) is 2.87. The van der Waals surface area contributed by atoms with Gasteiger partial charge in [-0.3, -0.25) is 0 Å². The molecular weight excluding hydrogens is 218 g/mol. The summed E-state index contributed by atoms with van der Waals surface area (Å²) in [6, 6.07) is 2.17. The molecule has 0 atom stereocenters. The fourth-order valence-electron chi connectivity index (χ4n) is 1.75. The lowest BCUT2D eigenvalue weighted by atomic mass is 9.88. The lowest BCUT2D eigenvalue weighted by Crippen LogP contribution is -2.29. The zero-order chi connectivity index (χ0) is 12.0. The van der Waals surface area contributed by atoms with Crippen LogP contribution in [0.15, 0.2) is 11.4 Å². The van der Waals surface area contributed by atoms with Gasteiger partial charge in [0.1, 0.15) is 0 Å². The Morgan fingerprint density at radius 2 is 2.19 bits per heavy atom. The normalized spacial score (nSPS) is 12.0. The second kappa shape index (κ2) is 6.38. The van der Waals surface area contributed by atoms with Gasteiger partial charge in [0.15, 0.2) is 0 Å². The molecule has 1 aromatic rings. The summed E-state index contributed by atoms with van der Waals surface area (Å²) >= 11 is 1.82. The summed E-state index contributed by atoms with van der Waals surface area (Å²) in [5.74, 6) is 0. The third kappa shape index (κ3) is 4.64. The van der Waals surface area contributed by atoms with Gasteiger partial charge < -0.3 is 10.4 Å². The summed E-state index contributed by atoms with van der Waals surface area (Å²) in [5.41, 5.74) is 1.65. The zero-order valence-electron chi connectivity index (χ0n) is 10.5. The molecule has 1 aromatic heterocycles. The van der Waals surface area contributed by atoms with E-state index in [0.717, 1.165) is 25.9 Å². The first-order chi connectivity index (χ1) is 7.55. The van der Waals surface area contributed by atoms with E-state index in [4.69, 9.17) is 5.11 Å². The lowest BCUT2D eigenvalue weighted by molar-refractivity contribution is 0.236. The molecule has 1 heterocycles. The van der Waals surface area contributed by atoms with Crippen LogP contribution in [0.4, 0.5) is 0 Å². The first-order valence-electron chi connectivity index (χ1n) is 5.90. The van der Waals surface area contributed by atoms with Crippen molar-refractivity contribution in [3.8, 4) is 0 Å². The van der Waals surface area contributed by atoms with Crippen molar-refractivity contribution in [3.05, 3.63) is 21.9 Å². The van der Waals surface area contributed by atoms with E-state index in [0.29, 0.717) is 6.61 Å².